The predicted octanol–water partition coefficient (Wildman–Crippen LogP) is 2.31. The Labute approximate surface area is 70.1 Å². The van der Waals surface area contributed by atoms with Gasteiger partial charge >= 0.3 is 6.18 Å². The van der Waals surface area contributed by atoms with Crippen molar-refractivity contribution >= 4 is 0 Å². The smallest absolute Gasteiger partial charge is 0.330 e. The molecule has 1 atom stereocenters. The highest BCUT2D eigenvalue weighted by Gasteiger charge is 2.36. The van der Waals surface area contributed by atoms with Gasteiger partial charge in [-0.1, -0.05) is 19.3 Å². The number of hydrogen-bond acceptors (Lipinski definition) is 1. The molecule has 0 unspecified atom stereocenters. The molecular formula is C8H14F3N. The van der Waals surface area contributed by atoms with Crippen molar-refractivity contribution in [2.75, 3.05) is 6.54 Å². The van der Waals surface area contributed by atoms with Gasteiger partial charge < -0.3 is 5.73 Å². The minimum absolute atomic E-state index is 0.171. The number of rotatable bonds is 3. The molecule has 0 bridgehead atoms. The van der Waals surface area contributed by atoms with Gasteiger partial charge in [-0.05, 0) is 18.4 Å². The van der Waals surface area contributed by atoms with Gasteiger partial charge in [0.2, 0.25) is 0 Å². The third-order valence-electron chi connectivity index (χ3n) is 2.61. The van der Waals surface area contributed by atoms with E-state index in [9.17, 15) is 13.2 Å². The minimum Gasteiger partial charge on any atom is -0.330 e. The average molecular weight is 181 g/mol. The van der Waals surface area contributed by atoms with Gasteiger partial charge in [0.15, 0.2) is 0 Å². The molecule has 1 aliphatic rings. The normalized spacial score (nSPS) is 22.0. The summed E-state index contributed by atoms with van der Waals surface area (Å²) in [7, 11) is 0. The van der Waals surface area contributed by atoms with E-state index in [-0.39, 0.29) is 18.4 Å². The van der Waals surface area contributed by atoms with Crippen LogP contribution in [0.25, 0.3) is 0 Å². The largest absolute Gasteiger partial charge is 0.389 e. The molecule has 1 nitrogen and oxygen atoms in total. The van der Waals surface area contributed by atoms with Crippen LogP contribution in [0.1, 0.15) is 25.7 Å². The summed E-state index contributed by atoms with van der Waals surface area (Å²) < 4.78 is 35.9. The van der Waals surface area contributed by atoms with Crippen LogP contribution in [-0.4, -0.2) is 12.7 Å². The average Bonchev–Trinajstić information content (AvgIpc) is 1.79. The van der Waals surface area contributed by atoms with E-state index in [4.69, 9.17) is 5.73 Å². The molecule has 4 heteroatoms. The second kappa shape index (κ2) is 3.64. The zero-order valence-electron chi connectivity index (χ0n) is 6.90. The summed E-state index contributed by atoms with van der Waals surface area (Å²) in [5.41, 5.74) is 5.29. The second-order valence-electron chi connectivity index (χ2n) is 3.51. The Morgan fingerprint density at radius 2 is 1.92 bits per heavy atom. The Kier molecular flexibility index (Phi) is 2.99. The Hall–Kier alpha value is -0.250. The number of hydrogen-bond donors (Lipinski definition) is 1. The molecule has 0 heterocycles. The van der Waals surface area contributed by atoms with E-state index in [1.54, 1.807) is 0 Å². The van der Waals surface area contributed by atoms with Crippen molar-refractivity contribution < 1.29 is 13.2 Å². The van der Waals surface area contributed by atoms with E-state index < -0.39 is 12.6 Å². The quantitative estimate of drug-likeness (QED) is 0.710. The van der Waals surface area contributed by atoms with Gasteiger partial charge in [0, 0.05) is 6.42 Å². The van der Waals surface area contributed by atoms with Crippen molar-refractivity contribution in [2.45, 2.75) is 31.9 Å². The lowest BCUT2D eigenvalue weighted by atomic mass is 9.74. The highest BCUT2D eigenvalue weighted by molar-refractivity contribution is 4.79. The lowest BCUT2D eigenvalue weighted by Crippen LogP contribution is -2.32. The zero-order chi connectivity index (χ0) is 9.19. The fourth-order valence-electron chi connectivity index (χ4n) is 1.65. The molecule has 0 aromatic carbocycles. The van der Waals surface area contributed by atoms with E-state index in [2.05, 4.69) is 0 Å². The van der Waals surface area contributed by atoms with Gasteiger partial charge in [0.25, 0.3) is 0 Å². The SMILES string of the molecule is NC[C@@H](CC(F)(F)F)C1CCC1. The number of halogens is 3. The maximum atomic E-state index is 12.0. The van der Waals surface area contributed by atoms with Crippen LogP contribution in [0.2, 0.25) is 0 Å². The monoisotopic (exact) mass is 181 g/mol. The molecule has 72 valence electrons. The van der Waals surface area contributed by atoms with Crippen molar-refractivity contribution in [3.05, 3.63) is 0 Å². The van der Waals surface area contributed by atoms with Crippen molar-refractivity contribution in [1.82, 2.24) is 0 Å². The fraction of sp³-hybridized carbons (Fsp3) is 1.00. The molecule has 0 spiro atoms. The highest BCUT2D eigenvalue weighted by Crippen LogP contribution is 2.38. The van der Waals surface area contributed by atoms with Gasteiger partial charge in [-0.15, -0.1) is 0 Å². The molecule has 0 aromatic heterocycles. The maximum absolute atomic E-state index is 12.0. The standard InChI is InChI=1S/C8H14F3N/c9-8(10,11)4-7(5-12)6-2-1-3-6/h6-7H,1-5,12H2/t7-/m1/s1. The molecular weight excluding hydrogens is 167 g/mol. The molecule has 1 rings (SSSR count). The molecule has 1 saturated carbocycles. The fourth-order valence-corrected chi connectivity index (χ4v) is 1.65. The van der Waals surface area contributed by atoms with E-state index >= 15 is 0 Å². The van der Waals surface area contributed by atoms with Gasteiger partial charge in [-0.25, -0.2) is 0 Å². The molecule has 0 saturated heterocycles. The van der Waals surface area contributed by atoms with Crippen LogP contribution in [0.15, 0.2) is 0 Å². The third kappa shape index (κ3) is 2.66. The molecule has 0 radical (unpaired) electrons. The minimum atomic E-state index is -4.04. The lowest BCUT2D eigenvalue weighted by molar-refractivity contribution is -0.149. The Morgan fingerprint density at radius 3 is 2.17 bits per heavy atom. The van der Waals surface area contributed by atoms with Crippen molar-refractivity contribution in [3.63, 3.8) is 0 Å². The summed E-state index contributed by atoms with van der Waals surface area (Å²) in [4.78, 5) is 0. The first kappa shape index (κ1) is 9.84. The molecule has 1 fully saturated rings. The third-order valence-corrected chi connectivity index (χ3v) is 2.61. The van der Waals surface area contributed by atoms with Gasteiger partial charge in [0.05, 0.1) is 0 Å². The van der Waals surface area contributed by atoms with Gasteiger partial charge in [-0.2, -0.15) is 13.2 Å². The first-order valence-electron chi connectivity index (χ1n) is 4.30. The van der Waals surface area contributed by atoms with E-state index in [1.807, 2.05) is 0 Å². The van der Waals surface area contributed by atoms with E-state index in [0.29, 0.717) is 0 Å². The Morgan fingerprint density at radius 1 is 1.33 bits per heavy atom. The first-order valence-corrected chi connectivity index (χ1v) is 4.30. The molecule has 0 aliphatic heterocycles. The Bertz CT molecular complexity index is 140. The van der Waals surface area contributed by atoms with Crippen molar-refractivity contribution in [2.24, 2.45) is 17.6 Å². The van der Waals surface area contributed by atoms with Crippen LogP contribution < -0.4 is 5.73 Å². The van der Waals surface area contributed by atoms with Crippen molar-refractivity contribution in [1.29, 1.82) is 0 Å². The van der Waals surface area contributed by atoms with E-state index in [0.717, 1.165) is 19.3 Å². The van der Waals surface area contributed by atoms with Crippen LogP contribution in [0, 0.1) is 11.8 Å². The van der Waals surface area contributed by atoms with Crippen LogP contribution in [0.3, 0.4) is 0 Å². The molecule has 2 N–H and O–H groups in total. The van der Waals surface area contributed by atoms with Gasteiger partial charge in [0.1, 0.15) is 0 Å². The van der Waals surface area contributed by atoms with Crippen molar-refractivity contribution in [3.8, 4) is 0 Å². The van der Waals surface area contributed by atoms with Crippen LogP contribution in [0.5, 0.6) is 0 Å². The predicted molar refractivity (Wildman–Crippen MR) is 40.6 cm³/mol. The zero-order valence-corrected chi connectivity index (χ0v) is 6.90. The summed E-state index contributed by atoms with van der Waals surface area (Å²) in [5, 5.41) is 0. The van der Waals surface area contributed by atoms with Crippen LogP contribution >= 0.6 is 0 Å². The van der Waals surface area contributed by atoms with E-state index in [1.165, 1.54) is 0 Å². The summed E-state index contributed by atoms with van der Waals surface area (Å²) in [6.45, 7) is 0.171. The van der Waals surface area contributed by atoms with Crippen LogP contribution in [-0.2, 0) is 0 Å². The summed E-state index contributed by atoms with van der Waals surface area (Å²) in [5.74, 6) is -0.102. The Balaban J connectivity index is 2.34. The summed E-state index contributed by atoms with van der Waals surface area (Å²) in [6.07, 6.45) is -1.82. The number of alkyl halides is 3. The molecule has 1 aliphatic carbocycles. The maximum Gasteiger partial charge on any atom is 0.389 e. The molecule has 12 heavy (non-hydrogen) atoms. The lowest BCUT2D eigenvalue weighted by Gasteiger charge is -2.33. The summed E-state index contributed by atoms with van der Waals surface area (Å²) >= 11 is 0. The first-order chi connectivity index (χ1) is 5.53. The summed E-state index contributed by atoms with van der Waals surface area (Å²) in [6, 6.07) is 0. The number of nitrogens with two attached hydrogens (primary N) is 1. The second-order valence-corrected chi connectivity index (χ2v) is 3.51. The molecule has 0 amide bonds. The van der Waals surface area contributed by atoms with Crippen LogP contribution in [0.4, 0.5) is 13.2 Å². The highest BCUT2D eigenvalue weighted by atomic mass is 19.4. The topological polar surface area (TPSA) is 26.0 Å². The molecule has 0 aromatic rings. The van der Waals surface area contributed by atoms with Gasteiger partial charge in [-0.3, -0.25) is 0 Å².